The second-order valence-corrected chi connectivity index (χ2v) is 4.46. The van der Waals surface area contributed by atoms with Crippen molar-refractivity contribution >= 4 is 28.6 Å². The number of esters is 1. The van der Waals surface area contributed by atoms with Crippen LogP contribution >= 0.6 is 22.6 Å². The van der Waals surface area contributed by atoms with Crippen LogP contribution in [0, 0.1) is 3.57 Å². The molecule has 0 N–H and O–H groups in total. The summed E-state index contributed by atoms with van der Waals surface area (Å²) in [6, 6.07) is 16.3. The van der Waals surface area contributed by atoms with Gasteiger partial charge < -0.3 is 4.74 Å². The lowest BCUT2D eigenvalue weighted by molar-refractivity contribution is 0.0735. The number of carbonyl (C=O) groups excluding carboxylic acids is 1. The van der Waals surface area contributed by atoms with E-state index in [0.717, 1.165) is 3.57 Å². The van der Waals surface area contributed by atoms with E-state index in [4.69, 9.17) is 4.74 Å². The standard InChI is InChI=1S/C13H9IO2/c14-11-8-6-10(7-9-11)13(15)16-12-4-2-1-3-5-12/h1-9H. The number of rotatable bonds is 2. The molecule has 0 saturated carbocycles. The van der Waals surface area contributed by atoms with E-state index in [1.165, 1.54) is 0 Å². The van der Waals surface area contributed by atoms with Crippen LogP contribution in [-0.2, 0) is 0 Å². The monoisotopic (exact) mass is 324 g/mol. The molecule has 0 aliphatic rings. The molecule has 16 heavy (non-hydrogen) atoms. The SMILES string of the molecule is O=C(Oc1ccccc1)c1ccc(I)cc1. The third-order valence-electron chi connectivity index (χ3n) is 2.03. The first-order chi connectivity index (χ1) is 7.75. The highest BCUT2D eigenvalue weighted by Crippen LogP contribution is 2.12. The molecule has 2 aromatic carbocycles. The summed E-state index contributed by atoms with van der Waals surface area (Å²) in [5, 5.41) is 0. The quantitative estimate of drug-likeness (QED) is 0.480. The van der Waals surface area contributed by atoms with Crippen LogP contribution in [0.2, 0.25) is 0 Å². The van der Waals surface area contributed by atoms with Crippen LogP contribution in [0.1, 0.15) is 10.4 Å². The summed E-state index contributed by atoms with van der Waals surface area (Å²) in [5.74, 6) is 0.230. The van der Waals surface area contributed by atoms with Crippen LogP contribution in [0.5, 0.6) is 5.75 Å². The first-order valence-electron chi connectivity index (χ1n) is 4.78. The Morgan fingerprint density at radius 2 is 1.56 bits per heavy atom. The zero-order valence-electron chi connectivity index (χ0n) is 8.39. The molecule has 0 heterocycles. The average Bonchev–Trinajstić information content (AvgIpc) is 2.31. The normalized spacial score (nSPS) is 9.81. The molecule has 2 rings (SSSR count). The van der Waals surface area contributed by atoms with Crippen molar-refractivity contribution in [1.29, 1.82) is 0 Å². The Morgan fingerprint density at radius 3 is 2.19 bits per heavy atom. The number of benzene rings is 2. The molecule has 2 aromatic rings. The molecule has 0 unspecified atom stereocenters. The number of hydrogen-bond acceptors (Lipinski definition) is 2. The van der Waals surface area contributed by atoms with Gasteiger partial charge in [-0.25, -0.2) is 4.79 Å². The summed E-state index contributed by atoms with van der Waals surface area (Å²) >= 11 is 2.19. The molecule has 0 aliphatic carbocycles. The minimum absolute atomic E-state index is 0.331. The second-order valence-electron chi connectivity index (χ2n) is 3.21. The fraction of sp³-hybridized carbons (Fsp3) is 0. The van der Waals surface area contributed by atoms with E-state index >= 15 is 0 Å². The van der Waals surface area contributed by atoms with Gasteiger partial charge in [0.1, 0.15) is 5.75 Å². The molecular formula is C13H9IO2. The Balaban J connectivity index is 2.12. The Kier molecular flexibility index (Phi) is 3.56. The lowest BCUT2D eigenvalue weighted by atomic mass is 10.2. The van der Waals surface area contributed by atoms with Gasteiger partial charge in [-0.3, -0.25) is 0 Å². The smallest absolute Gasteiger partial charge is 0.343 e. The van der Waals surface area contributed by atoms with Crippen LogP contribution < -0.4 is 4.74 Å². The molecular weight excluding hydrogens is 315 g/mol. The van der Waals surface area contributed by atoms with Gasteiger partial charge in [0.25, 0.3) is 0 Å². The molecule has 3 heteroatoms. The minimum Gasteiger partial charge on any atom is -0.423 e. The van der Waals surface area contributed by atoms with Crippen LogP contribution in [0.25, 0.3) is 0 Å². The maximum Gasteiger partial charge on any atom is 0.343 e. The zero-order valence-corrected chi connectivity index (χ0v) is 10.5. The molecule has 0 atom stereocenters. The van der Waals surface area contributed by atoms with E-state index in [-0.39, 0.29) is 5.97 Å². The first kappa shape index (κ1) is 11.1. The van der Waals surface area contributed by atoms with Crippen molar-refractivity contribution in [2.75, 3.05) is 0 Å². The van der Waals surface area contributed by atoms with Crippen LogP contribution in [0.4, 0.5) is 0 Å². The Hall–Kier alpha value is -1.36. The van der Waals surface area contributed by atoms with E-state index in [1.54, 1.807) is 24.3 Å². The predicted molar refractivity (Wildman–Crippen MR) is 70.6 cm³/mol. The van der Waals surface area contributed by atoms with Crippen LogP contribution in [0.15, 0.2) is 54.6 Å². The predicted octanol–water partition coefficient (Wildman–Crippen LogP) is 3.51. The second kappa shape index (κ2) is 5.12. The summed E-state index contributed by atoms with van der Waals surface area (Å²) in [5.41, 5.74) is 0.560. The number of carbonyl (C=O) groups is 1. The largest absolute Gasteiger partial charge is 0.423 e. The van der Waals surface area contributed by atoms with Gasteiger partial charge in [-0.1, -0.05) is 18.2 Å². The van der Waals surface area contributed by atoms with Crippen molar-refractivity contribution in [3.63, 3.8) is 0 Å². The van der Waals surface area contributed by atoms with E-state index < -0.39 is 0 Å². The zero-order chi connectivity index (χ0) is 11.4. The van der Waals surface area contributed by atoms with Crippen molar-refractivity contribution in [2.45, 2.75) is 0 Å². The average molecular weight is 324 g/mol. The van der Waals surface area contributed by atoms with E-state index in [9.17, 15) is 4.79 Å². The number of para-hydroxylation sites is 1. The van der Waals surface area contributed by atoms with Crippen LogP contribution in [0.3, 0.4) is 0 Å². The van der Waals surface area contributed by atoms with Gasteiger partial charge in [0.2, 0.25) is 0 Å². The molecule has 0 saturated heterocycles. The number of halogens is 1. The molecule has 80 valence electrons. The maximum atomic E-state index is 11.7. The van der Waals surface area contributed by atoms with Gasteiger partial charge >= 0.3 is 5.97 Å². The molecule has 0 radical (unpaired) electrons. The molecule has 2 nitrogen and oxygen atoms in total. The van der Waals surface area contributed by atoms with Gasteiger partial charge in [-0.05, 0) is 59.0 Å². The van der Waals surface area contributed by atoms with Gasteiger partial charge in [0.05, 0.1) is 5.56 Å². The summed E-state index contributed by atoms with van der Waals surface area (Å²) < 4.78 is 6.29. The third-order valence-corrected chi connectivity index (χ3v) is 2.75. The Morgan fingerprint density at radius 1 is 0.938 bits per heavy atom. The highest BCUT2D eigenvalue weighted by atomic mass is 127. The lowest BCUT2D eigenvalue weighted by Crippen LogP contribution is -2.08. The van der Waals surface area contributed by atoms with Gasteiger partial charge in [0.15, 0.2) is 0 Å². The first-order valence-corrected chi connectivity index (χ1v) is 5.86. The lowest BCUT2D eigenvalue weighted by Gasteiger charge is -2.03. The van der Waals surface area contributed by atoms with Crippen molar-refractivity contribution < 1.29 is 9.53 Å². The topological polar surface area (TPSA) is 26.3 Å². The third kappa shape index (κ3) is 2.82. The maximum absolute atomic E-state index is 11.7. The van der Waals surface area contributed by atoms with Crippen molar-refractivity contribution in [3.05, 3.63) is 63.7 Å². The van der Waals surface area contributed by atoms with Gasteiger partial charge in [0, 0.05) is 3.57 Å². The fourth-order valence-electron chi connectivity index (χ4n) is 1.24. The Labute approximate surface area is 107 Å². The minimum atomic E-state index is -0.331. The summed E-state index contributed by atoms with van der Waals surface area (Å²) in [6.07, 6.45) is 0. The molecule has 0 fully saturated rings. The molecule has 0 bridgehead atoms. The van der Waals surface area contributed by atoms with Crippen molar-refractivity contribution in [2.24, 2.45) is 0 Å². The molecule has 0 aromatic heterocycles. The van der Waals surface area contributed by atoms with Crippen molar-refractivity contribution in [1.82, 2.24) is 0 Å². The molecule has 0 aliphatic heterocycles. The number of ether oxygens (including phenoxy) is 1. The van der Waals surface area contributed by atoms with E-state index in [2.05, 4.69) is 22.6 Å². The van der Waals surface area contributed by atoms with Crippen LogP contribution in [-0.4, -0.2) is 5.97 Å². The molecule has 0 spiro atoms. The highest BCUT2D eigenvalue weighted by molar-refractivity contribution is 14.1. The fourth-order valence-corrected chi connectivity index (χ4v) is 1.60. The van der Waals surface area contributed by atoms with E-state index in [0.29, 0.717) is 11.3 Å². The van der Waals surface area contributed by atoms with E-state index in [1.807, 2.05) is 30.3 Å². The Bertz CT molecular complexity index is 477. The highest BCUT2D eigenvalue weighted by Gasteiger charge is 2.07. The van der Waals surface area contributed by atoms with Gasteiger partial charge in [-0.2, -0.15) is 0 Å². The summed E-state index contributed by atoms with van der Waals surface area (Å²) in [7, 11) is 0. The molecule has 0 amide bonds. The van der Waals surface area contributed by atoms with Crippen molar-refractivity contribution in [3.8, 4) is 5.75 Å². The summed E-state index contributed by atoms with van der Waals surface area (Å²) in [6.45, 7) is 0. The summed E-state index contributed by atoms with van der Waals surface area (Å²) in [4.78, 5) is 11.7. The number of hydrogen-bond donors (Lipinski definition) is 0. The van der Waals surface area contributed by atoms with Gasteiger partial charge in [-0.15, -0.1) is 0 Å².